The normalized spacial score (nSPS) is 10.5. The molecule has 3 rings (SSSR count). The highest BCUT2D eigenvalue weighted by Crippen LogP contribution is 2.32. The van der Waals surface area contributed by atoms with Crippen molar-refractivity contribution in [3.05, 3.63) is 70.9 Å². The van der Waals surface area contributed by atoms with Gasteiger partial charge in [0.25, 0.3) is 5.91 Å². The number of furan rings is 1. The highest BCUT2D eigenvalue weighted by molar-refractivity contribution is 7.80. The highest BCUT2D eigenvalue weighted by Gasteiger charge is 2.12. The quantitative estimate of drug-likeness (QED) is 0.444. The van der Waals surface area contributed by atoms with Crippen molar-refractivity contribution >= 4 is 40.5 Å². The van der Waals surface area contributed by atoms with Crippen molar-refractivity contribution in [1.82, 2.24) is 5.32 Å². The van der Waals surface area contributed by atoms with Gasteiger partial charge in [0, 0.05) is 16.8 Å². The van der Waals surface area contributed by atoms with Crippen LogP contribution in [0.2, 0.25) is 5.02 Å². The molecule has 3 aromatic rings. The fraction of sp³-hybridized carbons (Fsp3) is 0.182. The number of ether oxygens (including phenoxy) is 1. The number of carbonyl (C=O) groups excluding carboxylic acids is 1. The molecule has 0 aliphatic carbocycles. The molecular formula is C22H21ClN2O4S. The Hall–Kier alpha value is -2.87. The molecule has 0 fully saturated rings. The summed E-state index contributed by atoms with van der Waals surface area (Å²) in [5, 5.41) is 15.4. The number of rotatable bonds is 7. The number of halogens is 1. The van der Waals surface area contributed by atoms with Crippen molar-refractivity contribution in [3.8, 4) is 17.1 Å². The fourth-order valence-electron chi connectivity index (χ4n) is 2.68. The van der Waals surface area contributed by atoms with Gasteiger partial charge in [-0.25, -0.2) is 0 Å². The molecule has 0 saturated carbocycles. The second kappa shape index (κ2) is 10.2. The molecule has 0 radical (unpaired) electrons. The van der Waals surface area contributed by atoms with Crippen LogP contribution in [0.3, 0.4) is 0 Å². The van der Waals surface area contributed by atoms with E-state index in [1.807, 2.05) is 6.92 Å². The van der Waals surface area contributed by atoms with Gasteiger partial charge in [-0.3, -0.25) is 10.1 Å². The summed E-state index contributed by atoms with van der Waals surface area (Å²) in [5.41, 5.74) is 1.70. The first-order valence-electron chi connectivity index (χ1n) is 9.35. The van der Waals surface area contributed by atoms with Crippen LogP contribution in [0.4, 0.5) is 5.69 Å². The highest BCUT2D eigenvalue weighted by atomic mass is 35.5. The van der Waals surface area contributed by atoms with Gasteiger partial charge < -0.3 is 19.6 Å². The maximum absolute atomic E-state index is 12.5. The number of nitrogens with one attached hydrogen (secondary N) is 2. The lowest BCUT2D eigenvalue weighted by Gasteiger charge is -2.12. The van der Waals surface area contributed by atoms with Gasteiger partial charge in [-0.2, -0.15) is 0 Å². The minimum atomic E-state index is -0.345. The van der Waals surface area contributed by atoms with E-state index in [1.54, 1.807) is 54.6 Å². The number of hydrogen-bond acceptors (Lipinski definition) is 5. The number of aliphatic hydroxyl groups excluding tert-OH is 1. The third kappa shape index (κ3) is 5.60. The van der Waals surface area contributed by atoms with Crippen molar-refractivity contribution in [1.29, 1.82) is 0 Å². The van der Waals surface area contributed by atoms with E-state index in [0.29, 0.717) is 45.7 Å². The Balaban J connectivity index is 1.67. The third-order valence-corrected chi connectivity index (χ3v) is 4.64. The van der Waals surface area contributed by atoms with Crippen molar-refractivity contribution in [2.45, 2.75) is 20.0 Å². The molecule has 8 heteroatoms. The zero-order chi connectivity index (χ0) is 21.5. The predicted octanol–water partition coefficient (Wildman–Crippen LogP) is 5.01. The van der Waals surface area contributed by atoms with E-state index in [4.69, 9.17) is 33.0 Å². The van der Waals surface area contributed by atoms with Crippen LogP contribution in [0, 0.1) is 0 Å². The van der Waals surface area contributed by atoms with Crippen molar-refractivity contribution in [2.24, 2.45) is 0 Å². The van der Waals surface area contributed by atoms with Crippen LogP contribution < -0.4 is 15.4 Å². The van der Waals surface area contributed by atoms with Crippen LogP contribution in [0.5, 0.6) is 5.75 Å². The number of aliphatic hydroxyl groups is 1. The van der Waals surface area contributed by atoms with Gasteiger partial charge in [-0.15, -0.1) is 0 Å². The maximum atomic E-state index is 12.5. The second-order valence-corrected chi connectivity index (χ2v) is 7.22. The summed E-state index contributed by atoms with van der Waals surface area (Å²) >= 11 is 11.5. The van der Waals surface area contributed by atoms with Crippen LogP contribution >= 0.6 is 23.8 Å². The van der Waals surface area contributed by atoms with Crippen LogP contribution in [-0.2, 0) is 6.61 Å². The van der Waals surface area contributed by atoms with Gasteiger partial charge in [0.1, 0.15) is 23.9 Å². The van der Waals surface area contributed by atoms with E-state index in [-0.39, 0.29) is 17.6 Å². The molecule has 0 unspecified atom stereocenters. The Labute approximate surface area is 184 Å². The zero-order valence-corrected chi connectivity index (χ0v) is 17.8. The van der Waals surface area contributed by atoms with E-state index in [2.05, 4.69) is 10.6 Å². The average Bonchev–Trinajstić information content (AvgIpc) is 3.23. The van der Waals surface area contributed by atoms with Crippen LogP contribution in [0.25, 0.3) is 11.3 Å². The van der Waals surface area contributed by atoms with Crippen LogP contribution in [-0.4, -0.2) is 22.7 Å². The van der Waals surface area contributed by atoms with Gasteiger partial charge in [-0.1, -0.05) is 24.6 Å². The summed E-state index contributed by atoms with van der Waals surface area (Å²) in [7, 11) is 0. The second-order valence-electron chi connectivity index (χ2n) is 6.40. The number of benzene rings is 2. The fourth-order valence-corrected chi connectivity index (χ4v) is 3.11. The molecule has 3 N–H and O–H groups in total. The summed E-state index contributed by atoms with van der Waals surface area (Å²) < 4.78 is 11.1. The molecule has 6 nitrogen and oxygen atoms in total. The molecule has 0 bridgehead atoms. The van der Waals surface area contributed by atoms with E-state index in [0.717, 1.165) is 6.42 Å². The smallest absolute Gasteiger partial charge is 0.257 e. The molecule has 1 aromatic heterocycles. The third-order valence-electron chi connectivity index (χ3n) is 4.10. The average molecular weight is 445 g/mol. The van der Waals surface area contributed by atoms with Crippen LogP contribution in [0.15, 0.2) is 59.0 Å². The number of anilines is 1. The molecular weight excluding hydrogens is 424 g/mol. The van der Waals surface area contributed by atoms with Gasteiger partial charge in [0.2, 0.25) is 0 Å². The number of hydrogen-bond donors (Lipinski definition) is 3. The monoisotopic (exact) mass is 444 g/mol. The molecule has 1 amide bonds. The molecule has 2 aromatic carbocycles. The Kier molecular flexibility index (Phi) is 7.46. The minimum Gasteiger partial charge on any atom is -0.494 e. The molecule has 156 valence electrons. The first-order valence-corrected chi connectivity index (χ1v) is 10.1. The molecule has 0 spiro atoms. The van der Waals surface area contributed by atoms with Crippen LogP contribution in [0.1, 0.15) is 29.5 Å². The molecule has 0 atom stereocenters. The van der Waals surface area contributed by atoms with Gasteiger partial charge in [-0.05, 0) is 67.2 Å². The molecule has 0 aliphatic heterocycles. The number of thiocarbonyl (C=S) groups is 1. The van der Waals surface area contributed by atoms with E-state index in [9.17, 15) is 9.90 Å². The first-order chi connectivity index (χ1) is 14.5. The lowest BCUT2D eigenvalue weighted by atomic mass is 10.1. The van der Waals surface area contributed by atoms with Gasteiger partial charge >= 0.3 is 0 Å². The lowest BCUT2D eigenvalue weighted by molar-refractivity contribution is 0.0977. The molecule has 1 heterocycles. The maximum Gasteiger partial charge on any atom is 0.257 e. The number of carbonyl (C=O) groups is 1. The Morgan fingerprint density at radius 1 is 1.20 bits per heavy atom. The van der Waals surface area contributed by atoms with Crippen molar-refractivity contribution in [2.75, 3.05) is 11.9 Å². The predicted molar refractivity (Wildman–Crippen MR) is 121 cm³/mol. The largest absolute Gasteiger partial charge is 0.494 e. The first kappa shape index (κ1) is 21.8. The molecule has 30 heavy (non-hydrogen) atoms. The Morgan fingerprint density at radius 3 is 2.77 bits per heavy atom. The van der Waals surface area contributed by atoms with E-state index < -0.39 is 0 Å². The zero-order valence-electron chi connectivity index (χ0n) is 16.3. The van der Waals surface area contributed by atoms with Gasteiger partial charge in [0.05, 0.1) is 11.6 Å². The van der Waals surface area contributed by atoms with Crippen molar-refractivity contribution < 1.29 is 19.1 Å². The number of amides is 1. The Bertz CT molecular complexity index is 1050. The SMILES string of the molecule is CCCOc1cccc(C(=O)NC(=S)Nc2ccc(Cl)c(-c3ccc(CO)o3)c2)c1. The Morgan fingerprint density at radius 2 is 2.03 bits per heavy atom. The lowest BCUT2D eigenvalue weighted by Crippen LogP contribution is -2.34. The van der Waals surface area contributed by atoms with E-state index in [1.165, 1.54) is 0 Å². The standard InChI is InChI=1S/C22H21ClN2O4S/c1-2-10-28-16-5-3-4-14(11-16)21(27)25-22(30)24-15-6-8-19(23)18(12-15)20-9-7-17(13-26)29-20/h3-9,11-12,26H,2,10,13H2,1H3,(H2,24,25,27,30). The summed E-state index contributed by atoms with van der Waals surface area (Å²) in [4.78, 5) is 12.5. The minimum absolute atomic E-state index is 0.142. The molecule has 0 aliphatic rings. The van der Waals surface area contributed by atoms with Gasteiger partial charge in [0.15, 0.2) is 5.11 Å². The summed E-state index contributed by atoms with van der Waals surface area (Å²) in [6, 6.07) is 15.5. The summed E-state index contributed by atoms with van der Waals surface area (Å²) in [5.74, 6) is 1.24. The summed E-state index contributed by atoms with van der Waals surface area (Å²) in [6.07, 6.45) is 0.882. The molecule has 0 saturated heterocycles. The summed E-state index contributed by atoms with van der Waals surface area (Å²) in [6.45, 7) is 2.40. The van der Waals surface area contributed by atoms with Crippen molar-refractivity contribution in [3.63, 3.8) is 0 Å². The topological polar surface area (TPSA) is 83.7 Å². The van der Waals surface area contributed by atoms with E-state index >= 15 is 0 Å².